The smallest absolute Gasteiger partial charge is 0.161 e. The second-order valence-electron chi connectivity index (χ2n) is 6.82. The summed E-state index contributed by atoms with van der Waals surface area (Å²) in [5, 5.41) is 3.66. The van der Waals surface area contributed by atoms with Gasteiger partial charge in [-0.3, -0.25) is 0 Å². The van der Waals surface area contributed by atoms with Gasteiger partial charge in [-0.2, -0.15) is 0 Å². The largest absolute Gasteiger partial charge is 0.490 e. The molecule has 1 aliphatic rings. The van der Waals surface area contributed by atoms with Crippen molar-refractivity contribution >= 4 is 12.4 Å². The Morgan fingerprint density at radius 1 is 1.00 bits per heavy atom. The Hall–Kier alpha value is -1.71. The molecule has 3 rings (SSSR count). The van der Waals surface area contributed by atoms with Crippen LogP contribution in [-0.4, -0.2) is 19.8 Å². The predicted octanol–water partition coefficient (Wildman–Crippen LogP) is 5.26. The minimum atomic E-state index is 0. The first-order valence-corrected chi connectivity index (χ1v) is 9.39. The van der Waals surface area contributed by atoms with E-state index in [1.54, 1.807) is 0 Å². The number of rotatable bonds is 6. The van der Waals surface area contributed by atoms with Crippen molar-refractivity contribution in [2.24, 2.45) is 0 Å². The number of hydrogen-bond acceptors (Lipinski definition) is 3. The highest BCUT2D eigenvalue weighted by molar-refractivity contribution is 5.85. The van der Waals surface area contributed by atoms with Crippen LogP contribution in [0.5, 0.6) is 11.5 Å². The van der Waals surface area contributed by atoms with Gasteiger partial charge in [0.15, 0.2) is 11.5 Å². The monoisotopic (exact) mass is 375 g/mol. The highest BCUT2D eigenvalue weighted by Crippen LogP contribution is 2.38. The predicted molar refractivity (Wildman–Crippen MR) is 110 cm³/mol. The zero-order valence-electron chi connectivity index (χ0n) is 16.2. The Bertz CT molecular complexity index is 713. The maximum absolute atomic E-state index is 5.84. The van der Waals surface area contributed by atoms with Gasteiger partial charge in [-0.15, -0.1) is 12.4 Å². The molecular formula is C22H30ClNO2. The molecule has 0 spiro atoms. The van der Waals surface area contributed by atoms with E-state index in [1.165, 1.54) is 22.3 Å². The van der Waals surface area contributed by atoms with Crippen molar-refractivity contribution in [1.29, 1.82) is 0 Å². The van der Waals surface area contributed by atoms with E-state index in [0.29, 0.717) is 19.1 Å². The number of benzene rings is 2. The number of fused-ring (bicyclic) bond motifs is 1. The van der Waals surface area contributed by atoms with Crippen molar-refractivity contribution < 1.29 is 9.47 Å². The molecule has 0 bridgehead atoms. The molecule has 142 valence electrons. The average molecular weight is 376 g/mol. The van der Waals surface area contributed by atoms with Gasteiger partial charge in [0.05, 0.1) is 19.3 Å². The molecular weight excluding hydrogens is 346 g/mol. The SMILES string of the molecule is CCOc1cc2c(cc1OCC)C(c1ccc(C(C)C)cc1)NCC2.Cl. The summed E-state index contributed by atoms with van der Waals surface area (Å²) in [7, 11) is 0. The molecule has 1 unspecified atom stereocenters. The summed E-state index contributed by atoms with van der Waals surface area (Å²) in [6, 6.07) is 13.5. The quantitative estimate of drug-likeness (QED) is 0.746. The highest BCUT2D eigenvalue weighted by atomic mass is 35.5. The third-order valence-corrected chi connectivity index (χ3v) is 4.80. The van der Waals surface area contributed by atoms with Crippen LogP contribution in [0.4, 0.5) is 0 Å². The first-order chi connectivity index (χ1) is 12.1. The lowest BCUT2D eigenvalue weighted by Crippen LogP contribution is -2.30. The summed E-state index contributed by atoms with van der Waals surface area (Å²) in [5.74, 6) is 2.26. The maximum Gasteiger partial charge on any atom is 0.161 e. The fourth-order valence-corrected chi connectivity index (χ4v) is 3.47. The molecule has 1 aliphatic heterocycles. The van der Waals surface area contributed by atoms with Crippen LogP contribution in [0.3, 0.4) is 0 Å². The number of hydrogen-bond donors (Lipinski definition) is 1. The number of halogens is 1. The normalized spacial score (nSPS) is 16.0. The molecule has 0 fully saturated rings. The van der Waals surface area contributed by atoms with Crippen molar-refractivity contribution in [1.82, 2.24) is 5.32 Å². The molecule has 1 N–H and O–H groups in total. The van der Waals surface area contributed by atoms with Gasteiger partial charge in [0, 0.05) is 6.54 Å². The molecule has 0 saturated heterocycles. The topological polar surface area (TPSA) is 30.5 Å². The lowest BCUT2D eigenvalue weighted by Gasteiger charge is -2.29. The third kappa shape index (κ3) is 4.33. The zero-order valence-corrected chi connectivity index (χ0v) is 17.0. The van der Waals surface area contributed by atoms with Gasteiger partial charge in [-0.1, -0.05) is 38.1 Å². The Morgan fingerprint density at radius 3 is 2.19 bits per heavy atom. The van der Waals surface area contributed by atoms with Crippen LogP contribution < -0.4 is 14.8 Å². The fourth-order valence-electron chi connectivity index (χ4n) is 3.47. The van der Waals surface area contributed by atoms with E-state index < -0.39 is 0 Å². The van der Waals surface area contributed by atoms with Gasteiger partial charge in [0.25, 0.3) is 0 Å². The van der Waals surface area contributed by atoms with Gasteiger partial charge >= 0.3 is 0 Å². The number of nitrogens with one attached hydrogen (secondary N) is 1. The van der Waals surface area contributed by atoms with Crippen LogP contribution >= 0.6 is 12.4 Å². The van der Waals surface area contributed by atoms with Crippen LogP contribution in [0.2, 0.25) is 0 Å². The summed E-state index contributed by atoms with van der Waals surface area (Å²) in [6.45, 7) is 10.7. The Morgan fingerprint density at radius 2 is 1.62 bits per heavy atom. The molecule has 1 heterocycles. The van der Waals surface area contributed by atoms with E-state index in [0.717, 1.165) is 24.5 Å². The van der Waals surface area contributed by atoms with E-state index in [9.17, 15) is 0 Å². The minimum Gasteiger partial charge on any atom is -0.490 e. The van der Waals surface area contributed by atoms with Gasteiger partial charge < -0.3 is 14.8 Å². The Labute approximate surface area is 163 Å². The van der Waals surface area contributed by atoms with Gasteiger partial charge in [0.1, 0.15) is 0 Å². The second kappa shape index (κ2) is 9.29. The van der Waals surface area contributed by atoms with E-state index in [2.05, 4.69) is 55.6 Å². The summed E-state index contributed by atoms with van der Waals surface area (Å²) in [6.07, 6.45) is 1.02. The summed E-state index contributed by atoms with van der Waals surface area (Å²) in [4.78, 5) is 0. The standard InChI is InChI=1S/C22H29NO2.ClH/c1-5-24-20-13-18-11-12-23-22(19(18)14-21(20)25-6-2)17-9-7-16(8-10-17)15(3)4;/h7-10,13-15,22-23H,5-6,11-12H2,1-4H3;1H. The summed E-state index contributed by atoms with van der Waals surface area (Å²) in [5.41, 5.74) is 5.33. The third-order valence-electron chi connectivity index (χ3n) is 4.80. The zero-order chi connectivity index (χ0) is 17.8. The first kappa shape index (κ1) is 20.6. The molecule has 2 aromatic rings. The van der Waals surface area contributed by atoms with Gasteiger partial charge in [-0.05, 0) is 60.6 Å². The van der Waals surface area contributed by atoms with E-state index in [1.807, 2.05) is 13.8 Å². The van der Waals surface area contributed by atoms with E-state index >= 15 is 0 Å². The summed E-state index contributed by atoms with van der Waals surface area (Å²) < 4.78 is 11.6. The summed E-state index contributed by atoms with van der Waals surface area (Å²) >= 11 is 0. The Kier molecular flexibility index (Phi) is 7.36. The maximum atomic E-state index is 5.84. The van der Waals surface area contributed by atoms with Crippen molar-refractivity contribution in [3.63, 3.8) is 0 Å². The van der Waals surface area contributed by atoms with Crippen molar-refractivity contribution in [3.05, 3.63) is 58.7 Å². The van der Waals surface area contributed by atoms with Crippen molar-refractivity contribution in [2.45, 2.75) is 46.1 Å². The van der Waals surface area contributed by atoms with Crippen molar-refractivity contribution in [3.8, 4) is 11.5 Å². The molecule has 2 aromatic carbocycles. The molecule has 0 aromatic heterocycles. The molecule has 4 heteroatoms. The molecule has 3 nitrogen and oxygen atoms in total. The average Bonchev–Trinajstić information content (AvgIpc) is 2.62. The van der Waals surface area contributed by atoms with E-state index in [4.69, 9.17) is 9.47 Å². The molecule has 0 radical (unpaired) electrons. The molecule has 0 saturated carbocycles. The minimum absolute atomic E-state index is 0. The molecule has 26 heavy (non-hydrogen) atoms. The molecule has 0 aliphatic carbocycles. The van der Waals surface area contributed by atoms with Gasteiger partial charge in [0.2, 0.25) is 0 Å². The Balaban J connectivity index is 0.00000243. The van der Waals surface area contributed by atoms with Crippen LogP contribution in [0.25, 0.3) is 0 Å². The molecule has 0 amide bonds. The number of ether oxygens (including phenoxy) is 2. The van der Waals surface area contributed by atoms with Crippen LogP contribution in [0.1, 0.15) is 61.9 Å². The van der Waals surface area contributed by atoms with Crippen LogP contribution in [0.15, 0.2) is 36.4 Å². The molecule has 1 atom stereocenters. The second-order valence-corrected chi connectivity index (χ2v) is 6.82. The highest BCUT2D eigenvalue weighted by Gasteiger charge is 2.24. The van der Waals surface area contributed by atoms with Crippen molar-refractivity contribution in [2.75, 3.05) is 19.8 Å². The lowest BCUT2D eigenvalue weighted by atomic mass is 9.88. The van der Waals surface area contributed by atoms with Crippen LogP contribution in [0, 0.1) is 0 Å². The first-order valence-electron chi connectivity index (χ1n) is 9.39. The van der Waals surface area contributed by atoms with Crippen LogP contribution in [-0.2, 0) is 6.42 Å². The fraction of sp³-hybridized carbons (Fsp3) is 0.455. The van der Waals surface area contributed by atoms with Gasteiger partial charge in [-0.25, -0.2) is 0 Å². The van der Waals surface area contributed by atoms with E-state index in [-0.39, 0.29) is 18.4 Å². The lowest BCUT2D eigenvalue weighted by molar-refractivity contribution is 0.286.